The first-order valence-corrected chi connectivity index (χ1v) is 7.63. The van der Waals surface area contributed by atoms with Crippen LogP contribution in [0.5, 0.6) is 0 Å². The first-order chi connectivity index (χ1) is 10.0. The summed E-state index contributed by atoms with van der Waals surface area (Å²) in [4.78, 5) is 9.10. The van der Waals surface area contributed by atoms with Gasteiger partial charge in [0.15, 0.2) is 5.82 Å². The normalized spacial score (nSPS) is 11.3. The van der Waals surface area contributed by atoms with Crippen LogP contribution in [0.15, 0.2) is 12.1 Å². The average Bonchev–Trinajstić information content (AvgIpc) is 2.77. The first-order valence-electron chi connectivity index (χ1n) is 7.63. The number of aromatic nitrogens is 4. The van der Waals surface area contributed by atoms with E-state index in [2.05, 4.69) is 48.3 Å². The predicted molar refractivity (Wildman–Crippen MR) is 84.7 cm³/mol. The highest BCUT2D eigenvalue weighted by Gasteiger charge is 2.11. The summed E-state index contributed by atoms with van der Waals surface area (Å²) >= 11 is 0. The van der Waals surface area contributed by atoms with E-state index in [1.54, 1.807) is 0 Å². The van der Waals surface area contributed by atoms with Gasteiger partial charge in [-0.3, -0.25) is 0 Å². The van der Waals surface area contributed by atoms with E-state index in [-0.39, 0.29) is 0 Å². The molecule has 5 heteroatoms. The molecule has 0 saturated heterocycles. The van der Waals surface area contributed by atoms with E-state index in [1.165, 1.54) is 5.56 Å². The van der Waals surface area contributed by atoms with Gasteiger partial charge < -0.3 is 5.32 Å². The zero-order valence-electron chi connectivity index (χ0n) is 13.6. The van der Waals surface area contributed by atoms with Crippen molar-refractivity contribution in [2.75, 3.05) is 6.54 Å². The maximum absolute atomic E-state index is 4.74. The summed E-state index contributed by atoms with van der Waals surface area (Å²) in [6.45, 7) is 12.2. The molecular formula is C16H25N5. The van der Waals surface area contributed by atoms with Crippen LogP contribution in [0.3, 0.4) is 0 Å². The van der Waals surface area contributed by atoms with Gasteiger partial charge in [-0.25, -0.2) is 9.97 Å². The van der Waals surface area contributed by atoms with E-state index in [9.17, 15) is 0 Å². The van der Waals surface area contributed by atoms with Crippen molar-refractivity contribution in [1.29, 1.82) is 0 Å². The zero-order chi connectivity index (χ0) is 15.4. The molecule has 2 rings (SSSR count). The van der Waals surface area contributed by atoms with E-state index in [0.717, 1.165) is 42.7 Å². The molecule has 0 radical (unpaired) electrons. The van der Waals surface area contributed by atoms with Gasteiger partial charge in [0.25, 0.3) is 0 Å². The van der Waals surface area contributed by atoms with E-state index >= 15 is 0 Å². The molecule has 0 unspecified atom stereocenters. The Morgan fingerprint density at radius 1 is 1.19 bits per heavy atom. The molecule has 2 heterocycles. The smallest absolute Gasteiger partial charge is 0.156 e. The molecule has 0 amide bonds. The summed E-state index contributed by atoms with van der Waals surface area (Å²) in [6.07, 6.45) is 1.14. The van der Waals surface area contributed by atoms with Gasteiger partial charge >= 0.3 is 0 Å². The molecule has 0 aliphatic rings. The van der Waals surface area contributed by atoms with Gasteiger partial charge in [-0.2, -0.15) is 4.68 Å². The second-order valence-electron chi connectivity index (χ2n) is 5.71. The molecule has 1 N–H and O–H groups in total. The third kappa shape index (κ3) is 3.88. The summed E-state index contributed by atoms with van der Waals surface area (Å²) in [5.41, 5.74) is 2.33. The van der Waals surface area contributed by atoms with Gasteiger partial charge in [-0.05, 0) is 50.4 Å². The molecule has 21 heavy (non-hydrogen) atoms. The van der Waals surface area contributed by atoms with Crippen molar-refractivity contribution in [3.8, 4) is 5.82 Å². The van der Waals surface area contributed by atoms with Crippen molar-refractivity contribution >= 4 is 0 Å². The highest BCUT2D eigenvalue weighted by Crippen LogP contribution is 2.18. The molecule has 0 aliphatic heterocycles. The molecule has 0 spiro atoms. The van der Waals surface area contributed by atoms with Crippen molar-refractivity contribution in [2.45, 2.75) is 53.5 Å². The molecule has 0 bridgehead atoms. The van der Waals surface area contributed by atoms with Crippen molar-refractivity contribution in [3.63, 3.8) is 0 Å². The average molecular weight is 287 g/mol. The highest BCUT2D eigenvalue weighted by molar-refractivity contribution is 5.32. The topological polar surface area (TPSA) is 55.6 Å². The van der Waals surface area contributed by atoms with Crippen LogP contribution in [0.25, 0.3) is 5.82 Å². The quantitative estimate of drug-likeness (QED) is 0.830. The summed E-state index contributed by atoms with van der Waals surface area (Å²) in [5.74, 6) is 2.88. The summed E-state index contributed by atoms with van der Waals surface area (Å²) in [6, 6.07) is 4.27. The van der Waals surface area contributed by atoms with Gasteiger partial charge in [0.2, 0.25) is 0 Å². The van der Waals surface area contributed by atoms with Crippen LogP contribution in [-0.4, -0.2) is 26.3 Å². The predicted octanol–water partition coefficient (Wildman–Crippen LogP) is 2.90. The Morgan fingerprint density at radius 3 is 2.52 bits per heavy atom. The van der Waals surface area contributed by atoms with Crippen LogP contribution in [0, 0.1) is 13.8 Å². The molecule has 0 aliphatic carbocycles. The molecular weight excluding hydrogens is 262 g/mol. The van der Waals surface area contributed by atoms with E-state index in [0.29, 0.717) is 5.92 Å². The van der Waals surface area contributed by atoms with Crippen LogP contribution in [-0.2, 0) is 6.54 Å². The fourth-order valence-corrected chi connectivity index (χ4v) is 2.25. The van der Waals surface area contributed by atoms with Crippen molar-refractivity contribution in [3.05, 3.63) is 35.0 Å². The number of rotatable bonds is 6. The van der Waals surface area contributed by atoms with Crippen molar-refractivity contribution in [2.24, 2.45) is 0 Å². The minimum atomic E-state index is 0.389. The third-order valence-electron chi connectivity index (χ3n) is 3.33. The van der Waals surface area contributed by atoms with Crippen LogP contribution in [0.1, 0.15) is 56.0 Å². The standard InChI is InChI=1S/C16H25N5/c1-6-7-17-10-14-8-15(11(2)3)19-16(9-14)21-13(5)18-12(4)20-21/h8-9,11,17H,6-7,10H2,1-5H3. The lowest BCUT2D eigenvalue weighted by atomic mass is 10.1. The second kappa shape index (κ2) is 6.80. The number of hydrogen-bond donors (Lipinski definition) is 1. The highest BCUT2D eigenvalue weighted by atomic mass is 15.4. The largest absolute Gasteiger partial charge is 0.313 e. The Bertz CT molecular complexity index is 601. The Balaban J connectivity index is 2.37. The lowest BCUT2D eigenvalue weighted by molar-refractivity contribution is 0.669. The number of pyridine rings is 1. The molecule has 5 nitrogen and oxygen atoms in total. The zero-order valence-corrected chi connectivity index (χ0v) is 13.6. The van der Waals surface area contributed by atoms with Gasteiger partial charge in [-0.15, -0.1) is 5.10 Å². The number of hydrogen-bond acceptors (Lipinski definition) is 4. The maximum atomic E-state index is 4.74. The molecule has 0 atom stereocenters. The van der Waals surface area contributed by atoms with Crippen LogP contribution in [0.2, 0.25) is 0 Å². The number of nitrogens with zero attached hydrogens (tertiary/aromatic N) is 4. The summed E-state index contributed by atoms with van der Waals surface area (Å²) in [7, 11) is 0. The first kappa shape index (κ1) is 15.6. The van der Waals surface area contributed by atoms with Gasteiger partial charge in [0.1, 0.15) is 11.6 Å². The molecule has 2 aromatic heterocycles. The minimum Gasteiger partial charge on any atom is -0.313 e. The molecule has 2 aromatic rings. The van der Waals surface area contributed by atoms with Gasteiger partial charge in [0, 0.05) is 12.2 Å². The minimum absolute atomic E-state index is 0.389. The fourth-order valence-electron chi connectivity index (χ4n) is 2.25. The van der Waals surface area contributed by atoms with Gasteiger partial charge in [0.05, 0.1) is 0 Å². The fraction of sp³-hybridized carbons (Fsp3) is 0.562. The van der Waals surface area contributed by atoms with Crippen molar-refractivity contribution < 1.29 is 0 Å². The summed E-state index contributed by atoms with van der Waals surface area (Å²) in [5, 5.41) is 7.88. The third-order valence-corrected chi connectivity index (χ3v) is 3.33. The lowest BCUT2D eigenvalue weighted by Crippen LogP contribution is -2.15. The second-order valence-corrected chi connectivity index (χ2v) is 5.71. The van der Waals surface area contributed by atoms with Crippen molar-refractivity contribution in [1.82, 2.24) is 25.1 Å². The number of nitrogens with one attached hydrogen (secondary N) is 1. The lowest BCUT2D eigenvalue weighted by Gasteiger charge is -2.12. The van der Waals surface area contributed by atoms with Crippen LogP contribution >= 0.6 is 0 Å². The SMILES string of the molecule is CCCNCc1cc(C(C)C)nc(-n2nc(C)nc2C)c1. The maximum Gasteiger partial charge on any atom is 0.156 e. The Kier molecular flexibility index (Phi) is 5.07. The Morgan fingerprint density at radius 2 is 1.95 bits per heavy atom. The number of aryl methyl sites for hydroxylation is 2. The van der Waals surface area contributed by atoms with E-state index in [1.807, 2.05) is 18.5 Å². The van der Waals surface area contributed by atoms with E-state index in [4.69, 9.17) is 4.98 Å². The molecule has 114 valence electrons. The van der Waals surface area contributed by atoms with Crippen LogP contribution in [0.4, 0.5) is 0 Å². The molecule has 0 fully saturated rings. The molecule has 0 aromatic carbocycles. The van der Waals surface area contributed by atoms with E-state index < -0.39 is 0 Å². The molecule has 0 saturated carbocycles. The monoisotopic (exact) mass is 287 g/mol. The van der Waals surface area contributed by atoms with Gasteiger partial charge in [-0.1, -0.05) is 20.8 Å². The van der Waals surface area contributed by atoms with Crippen LogP contribution < -0.4 is 5.32 Å². The Hall–Kier alpha value is -1.75. The summed E-state index contributed by atoms with van der Waals surface area (Å²) < 4.78 is 1.82. The Labute approximate surface area is 126 Å².